The van der Waals surface area contributed by atoms with E-state index in [1.54, 1.807) is 19.1 Å². The number of rotatable bonds is 3. The van der Waals surface area contributed by atoms with Gasteiger partial charge < -0.3 is 5.32 Å². The summed E-state index contributed by atoms with van der Waals surface area (Å²) in [6.45, 7) is 2.09. The second kappa shape index (κ2) is 5.10. The molecular weight excluding hydrogens is 241 g/mol. The van der Waals surface area contributed by atoms with E-state index >= 15 is 0 Å². The van der Waals surface area contributed by atoms with E-state index in [1.165, 1.54) is 6.33 Å². The maximum absolute atomic E-state index is 13.6. The van der Waals surface area contributed by atoms with Gasteiger partial charge in [-0.15, -0.1) is 0 Å². The third-order valence-electron chi connectivity index (χ3n) is 2.34. The van der Waals surface area contributed by atoms with Crippen molar-refractivity contribution in [2.75, 3.05) is 5.32 Å². The van der Waals surface area contributed by atoms with Crippen LogP contribution < -0.4 is 5.32 Å². The van der Waals surface area contributed by atoms with E-state index in [1.807, 2.05) is 12.1 Å². The summed E-state index contributed by atoms with van der Waals surface area (Å²) in [5.41, 5.74) is 1.34. The Labute approximate surface area is 104 Å². The lowest BCUT2D eigenvalue weighted by atomic mass is 10.2. The molecule has 2 rings (SSSR count). The Balaban J connectivity index is 2.07. The number of halogens is 2. The number of nitrogens with zero attached hydrogens (tertiary/aromatic N) is 2. The van der Waals surface area contributed by atoms with Gasteiger partial charge in [0.15, 0.2) is 11.6 Å². The van der Waals surface area contributed by atoms with Crippen LogP contribution in [0.15, 0.2) is 30.6 Å². The zero-order valence-electron chi connectivity index (χ0n) is 9.24. The molecule has 0 aliphatic carbocycles. The van der Waals surface area contributed by atoms with Gasteiger partial charge >= 0.3 is 0 Å². The molecule has 1 aromatic carbocycles. The molecule has 1 heterocycles. The first-order valence-electron chi connectivity index (χ1n) is 5.12. The van der Waals surface area contributed by atoms with Gasteiger partial charge in [-0.05, 0) is 24.6 Å². The molecule has 0 atom stereocenters. The first-order chi connectivity index (χ1) is 8.16. The Hall–Kier alpha value is -1.68. The van der Waals surface area contributed by atoms with Gasteiger partial charge in [0.25, 0.3) is 0 Å². The number of hydrogen-bond acceptors (Lipinski definition) is 3. The minimum absolute atomic E-state index is 0.215. The fourth-order valence-electron chi connectivity index (χ4n) is 1.37. The Bertz CT molecular complexity index is 514. The van der Waals surface area contributed by atoms with Gasteiger partial charge in [-0.3, -0.25) is 0 Å². The van der Waals surface area contributed by atoms with Crippen molar-refractivity contribution >= 4 is 17.4 Å². The van der Waals surface area contributed by atoms with Crippen LogP contribution in [-0.2, 0) is 6.54 Å². The van der Waals surface area contributed by atoms with Gasteiger partial charge in [0.05, 0.1) is 5.69 Å². The molecule has 0 aliphatic heterocycles. The van der Waals surface area contributed by atoms with Crippen LogP contribution in [0.4, 0.5) is 10.2 Å². The van der Waals surface area contributed by atoms with Crippen molar-refractivity contribution in [1.82, 2.24) is 9.97 Å². The summed E-state index contributed by atoms with van der Waals surface area (Å²) in [4.78, 5) is 7.61. The number of anilines is 1. The number of aryl methyl sites for hydroxylation is 1. The molecule has 0 spiro atoms. The minimum Gasteiger partial charge on any atom is -0.363 e. The van der Waals surface area contributed by atoms with Crippen LogP contribution in [0.1, 0.15) is 11.3 Å². The van der Waals surface area contributed by atoms with Gasteiger partial charge in [-0.2, -0.15) is 0 Å². The summed E-state index contributed by atoms with van der Waals surface area (Å²) in [5, 5.41) is 3.60. The molecule has 5 heteroatoms. The van der Waals surface area contributed by atoms with E-state index < -0.39 is 5.82 Å². The first kappa shape index (κ1) is 11.8. The highest BCUT2D eigenvalue weighted by Crippen LogP contribution is 2.14. The van der Waals surface area contributed by atoms with E-state index in [2.05, 4.69) is 15.3 Å². The molecule has 17 heavy (non-hydrogen) atoms. The molecule has 0 radical (unpaired) electrons. The zero-order valence-corrected chi connectivity index (χ0v) is 10.0. The highest BCUT2D eigenvalue weighted by atomic mass is 35.5. The molecule has 0 aliphatic rings. The highest BCUT2D eigenvalue weighted by Gasteiger charge is 2.06. The molecule has 0 saturated heterocycles. The topological polar surface area (TPSA) is 37.8 Å². The molecule has 1 aromatic heterocycles. The lowest BCUT2D eigenvalue weighted by Crippen LogP contribution is -2.05. The number of nitrogens with one attached hydrogen (secondary N) is 1. The van der Waals surface area contributed by atoms with Crippen LogP contribution in [-0.4, -0.2) is 9.97 Å². The average molecular weight is 252 g/mol. The maximum atomic E-state index is 13.6. The molecule has 3 nitrogen and oxygen atoms in total. The van der Waals surface area contributed by atoms with Crippen LogP contribution in [0, 0.1) is 12.7 Å². The van der Waals surface area contributed by atoms with Gasteiger partial charge in [0.2, 0.25) is 0 Å². The monoisotopic (exact) mass is 251 g/mol. The SMILES string of the molecule is Cc1ncnc(NCc2ccc(Cl)cc2)c1F. The molecule has 1 N–H and O–H groups in total. The number of benzene rings is 1. The van der Waals surface area contributed by atoms with Crippen LogP contribution in [0.5, 0.6) is 0 Å². The molecule has 88 valence electrons. The predicted octanol–water partition coefficient (Wildman–Crippen LogP) is 3.19. The van der Waals surface area contributed by atoms with Crippen molar-refractivity contribution in [3.63, 3.8) is 0 Å². The van der Waals surface area contributed by atoms with E-state index in [9.17, 15) is 4.39 Å². The lowest BCUT2D eigenvalue weighted by molar-refractivity contribution is 0.604. The highest BCUT2D eigenvalue weighted by molar-refractivity contribution is 6.30. The predicted molar refractivity (Wildman–Crippen MR) is 65.5 cm³/mol. The average Bonchev–Trinajstić information content (AvgIpc) is 2.33. The standard InChI is InChI=1S/C12H11ClFN3/c1-8-11(14)12(17-7-16-8)15-6-9-2-4-10(13)5-3-9/h2-5,7H,6H2,1H3,(H,15,16,17). The lowest BCUT2D eigenvalue weighted by Gasteiger charge is -2.07. The zero-order chi connectivity index (χ0) is 12.3. The normalized spacial score (nSPS) is 10.3. The molecule has 0 saturated carbocycles. The smallest absolute Gasteiger partial charge is 0.186 e. The fraction of sp³-hybridized carbons (Fsp3) is 0.167. The van der Waals surface area contributed by atoms with Crippen molar-refractivity contribution in [2.45, 2.75) is 13.5 Å². The van der Waals surface area contributed by atoms with Crippen molar-refractivity contribution in [1.29, 1.82) is 0 Å². The van der Waals surface area contributed by atoms with E-state index in [0.717, 1.165) is 5.56 Å². The second-order valence-electron chi connectivity index (χ2n) is 3.60. The Kier molecular flexibility index (Phi) is 3.54. The third kappa shape index (κ3) is 2.91. The summed E-state index contributed by atoms with van der Waals surface area (Å²) in [6, 6.07) is 7.34. The van der Waals surface area contributed by atoms with Gasteiger partial charge in [0.1, 0.15) is 6.33 Å². The van der Waals surface area contributed by atoms with E-state index in [-0.39, 0.29) is 5.82 Å². The molecule has 2 aromatic rings. The maximum Gasteiger partial charge on any atom is 0.186 e. The Morgan fingerprint density at radius 2 is 1.94 bits per heavy atom. The van der Waals surface area contributed by atoms with Crippen molar-refractivity contribution in [3.05, 3.63) is 52.7 Å². The first-order valence-corrected chi connectivity index (χ1v) is 5.50. The summed E-state index contributed by atoms with van der Waals surface area (Å²) < 4.78 is 13.6. The van der Waals surface area contributed by atoms with Gasteiger partial charge in [-0.25, -0.2) is 14.4 Å². The van der Waals surface area contributed by atoms with E-state index in [0.29, 0.717) is 17.3 Å². The number of hydrogen-bond donors (Lipinski definition) is 1. The molecule has 0 bridgehead atoms. The number of aromatic nitrogens is 2. The minimum atomic E-state index is -0.415. The largest absolute Gasteiger partial charge is 0.363 e. The van der Waals surface area contributed by atoms with E-state index in [4.69, 9.17) is 11.6 Å². The second-order valence-corrected chi connectivity index (χ2v) is 4.04. The summed E-state index contributed by atoms with van der Waals surface area (Å²) >= 11 is 5.77. The van der Waals surface area contributed by atoms with Crippen molar-refractivity contribution in [2.24, 2.45) is 0 Å². The van der Waals surface area contributed by atoms with Crippen molar-refractivity contribution < 1.29 is 4.39 Å². The molecule has 0 unspecified atom stereocenters. The van der Waals surface area contributed by atoms with Crippen LogP contribution in [0.2, 0.25) is 5.02 Å². The molecule has 0 amide bonds. The summed E-state index contributed by atoms with van der Waals surface area (Å²) in [7, 11) is 0. The fourth-order valence-corrected chi connectivity index (χ4v) is 1.50. The molecular formula is C12H11ClFN3. The van der Waals surface area contributed by atoms with Crippen LogP contribution in [0.25, 0.3) is 0 Å². The Morgan fingerprint density at radius 1 is 1.24 bits per heavy atom. The summed E-state index contributed by atoms with van der Waals surface area (Å²) in [5.74, 6) is -0.200. The van der Waals surface area contributed by atoms with Crippen molar-refractivity contribution in [3.8, 4) is 0 Å². The summed E-state index contributed by atoms with van der Waals surface area (Å²) in [6.07, 6.45) is 1.34. The van der Waals surface area contributed by atoms with Gasteiger partial charge in [0, 0.05) is 11.6 Å². The quantitative estimate of drug-likeness (QED) is 0.910. The third-order valence-corrected chi connectivity index (χ3v) is 2.59. The molecule has 0 fully saturated rings. The Morgan fingerprint density at radius 3 is 2.65 bits per heavy atom. The van der Waals surface area contributed by atoms with Gasteiger partial charge in [-0.1, -0.05) is 23.7 Å². The van der Waals surface area contributed by atoms with Crippen LogP contribution >= 0.6 is 11.6 Å². The van der Waals surface area contributed by atoms with Crippen LogP contribution in [0.3, 0.4) is 0 Å².